The van der Waals surface area contributed by atoms with Crippen molar-refractivity contribution in [2.24, 2.45) is 11.7 Å². The van der Waals surface area contributed by atoms with Gasteiger partial charge in [0.2, 0.25) is 5.91 Å². The molecule has 20 heavy (non-hydrogen) atoms. The molecule has 0 aliphatic carbocycles. The topological polar surface area (TPSA) is 46.3 Å². The first kappa shape index (κ1) is 16.7. The monoisotopic (exact) mass is 276 g/mol. The van der Waals surface area contributed by atoms with Gasteiger partial charge in [0, 0.05) is 19.1 Å². The summed E-state index contributed by atoms with van der Waals surface area (Å²) in [7, 11) is 1.85. The standard InChI is InChI=1S/C17H28N2O/c1-6-13(2)15(14-10-8-7-9-11-14)16(20)19(5)17(3,4)12-18/h7-11,13,15H,6,12,18H2,1-5H3. The molecule has 1 aromatic carbocycles. The van der Waals surface area contributed by atoms with E-state index in [0.717, 1.165) is 12.0 Å². The third-order valence-corrected chi connectivity index (χ3v) is 4.38. The van der Waals surface area contributed by atoms with Crippen LogP contribution >= 0.6 is 0 Å². The van der Waals surface area contributed by atoms with Crippen molar-refractivity contribution < 1.29 is 4.79 Å². The van der Waals surface area contributed by atoms with Gasteiger partial charge in [0.15, 0.2) is 0 Å². The fraction of sp³-hybridized carbons (Fsp3) is 0.588. The lowest BCUT2D eigenvalue weighted by Crippen LogP contribution is -2.52. The SMILES string of the molecule is CCC(C)C(C(=O)N(C)C(C)(C)CN)c1ccccc1. The molecule has 0 fully saturated rings. The van der Waals surface area contributed by atoms with Crippen LogP contribution in [0.1, 0.15) is 45.6 Å². The second-order valence-corrected chi connectivity index (χ2v) is 6.19. The highest BCUT2D eigenvalue weighted by Gasteiger charge is 2.34. The molecule has 0 aliphatic heterocycles. The zero-order valence-corrected chi connectivity index (χ0v) is 13.4. The van der Waals surface area contributed by atoms with Gasteiger partial charge < -0.3 is 10.6 Å². The van der Waals surface area contributed by atoms with Gasteiger partial charge >= 0.3 is 0 Å². The lowest BCUT2D eigenvalue weighted by atomic mass is 9.83. The Hall–Kier alpha value is -1.35. The zero-order valence-electron chi connectivity index (χ0n) is 13.4. The van der Waals surface area contributed by atoms with Gasteiger partial charge in [-0.05, 0) is 25.3 Å². The average Bonchev–Trinajstić information content (AvgIpc) is 2.47. The molecule has 1 rings (SSSR count). The highest BCUT2D eigenvalue weighted by molar-refractivity contribution is 5.84. The molecule has 0 spiro atoms. The molecule has 0 radical (unpaired) electrons. The minimum absolute atomic E-state index is 0.1000. The van der Waals surface area contributed by atoms with E-state index in [1.54, 1.807) is 4.90 Å². The van der Waals surface area contributed by atoms with E-state index in [1.807, 2.05) is 51.2 Å². The molecule has 2 N–H and O–H groups in total. The largest absolute Gasteiger partial charge is 0.339 e. The summed E-state index contributed by atoms with van der Waals surface area (Å²) in [6.07, 6.45) is 0.974. The van der Waals surface area contributed by atoms with E-state index >= 15 is 0 Å². The van der Waals surface area contributed by atoms with Crippen molar-refractivity contribution in [3.8, 4) is 0 Å². The number of likely N-dealkylation sites (N-methyl/N-ethyl adjacent to an activating group) is 1. The molecular weight excluding hydrogens is 248 g/mol. The molecule has 0 aliphatic rings. The van der Waals surface area contributed by atoms with Crippen LogP contribution in [0.15, 0.2) is 30.3 Å². The highest BCUT2D eigenvalue weighted by atomic mass is 16.2. The van der Waals surface area contributed by atoms with Gasteiger partial charge in [-0.3, -0.25) is 4.79 Å². The maximum absolute atomic E-state index is 12.9. The van der Waals surface area contributed by atoms with E-state index in [4.69, 9.17) is 5.73 Å². The maximum Gasteiger partial charge on any atom is 0.230 e. The molecule has 112 valence electrons. The third-order valence-electron chi connectivity index (χ3n) is 4.38. The first-order valence-electron chi connectivity index (χ1n) is 7.37. The van der Waals surface area contributed by atoms with Gasteiger partial charge in [-0.2, -0.15) is 0 Å². The molecule has 0 saturated carbocycles. The third kappa shape index (κ3) is 3.60. The average molecular weight is 276 g/mol. The molecule has 0 aromatic heterocycles. The Balaban J connectivity index is 3.10. The molecule has 1 aromatic rings. The summed E-state index contributed by atoms with van der Waals surface area (Å²) in [6.45, 7) is 8.73. The Kier molecular flexibility index (Phi) is 5.75. The van der Waals surface area contributed by atoms with Crippen molar-refractivity contribution in [1.82, 2.24) is 4.90 Å². The summed E-state index contributed by atoms with van der Waals surface area (Å²) >= 11 is 0. The van der Waals surface area contributed by atoms with E-state index in [9.17, 15) is 4.79 Å². The number of rotatable bonds is 6. The van der Waals surface area contributed by atoms with Crippen molar-refractivity contribution in [2.75, 3.05) is 13.6 Å². The summed E-state index contributed by atoms with van der Waals surface area (Å²) < 4.78 is 0. The van der Waals surface area contributed by atoms with Gasteiger partial charge in [0.05, 0.1) is 5.92 Å². The van der Waals surface area contributed by atoms with Crippen LogP contribution in [0.5, 0.6) is 0 Å². The summed E-state index contributed by atoms with van der Waals surface area (Å²) in [5.41, 5.74) is 6.57. The quantitative estimate of drug-likeness (QED) is 0.868. The minimum atomic E-state index is -0.322. The molecule has 2 atom stereocenters. The van der Waals surface area contributed by atoms with Crippen LogP contribution < -0.4 is 5.73 Å². The van der Waals surface area contributed by atoms with Crippen LogP contribution in [0, 0.1) is 5.92 Å². The normalized spacial score (nSPS) is 14.7. The molecule has 1 amide bonds. The van der Waals surface area contributed by atoms with E-state index in [-0.39, 0.29) is 17.4 Å². The van der Waals surface area contributed by atoms with Crippen LogP contribution in [-0.2, 0) is 4.79 Å². The van der Waals surface area contributed by atoms with E-state index in [2.05, 4.69) is 13.8 Å². The van der Waals surface area contributed by atoms with Crippen LogP contribution in [0.3, 0.4) is 0 Å². The van der Waals surface area contributed by atoms with E-state index < -0.39 is 0 Å². The molecule has 0 heterocycles. The molecule has 2 unspecified atom stereocenters. The van der Waals surface area contributed by atoms with E-state index in [0.29, 0.717) is 12.5 Å². The molecule has 0 saturated heterocycles. The Labute approximate surface area is 123 Å². The molecular formula is C17H28N2O. The van der Waals surface area contributed by atoms with Crippen molar-refractivity contribution in [3.05, 3.63) is 35.9 Å². The van der Waals surface area contributed by atoms with Gasteiger partial charge in [-0.1, -0.05) is 50.6 Å². The number of nitrogens with two attached hydrogens (primary N) is 1. The minimum Gasteiger partial charge on any atom is -0.339 e. The fourth-order valence-electron chi connectivity index (χ4n) is 2.25. The summed E-state index contributed by atoms with van der Waals surface area (Å²) in [6, 6.07) is 10.0. The number of amides is 1. The van der Waals surface area contributed by atoms with E-state index in [1.165, 1.54) is 0 Å². The van der Waals surface area contributed by atoms with Crippen molar-refractivity contribution in [3.63, 3.8) is 0 Å². The first-order valence-corrected chi connectivity index (χ1v) is 7.37. The molecule has 3 nitrogen and oxygen atoms in total. The van der Waals surface area contributed by atoms with Gasteiger partial charge in [0.25, 0.3) is 0 Å². The Morgan fingerprint density at radius 1 is 1.30 bits per heavy atom. The Morgan fingerprint density at radius 2 is 1.85 bits per heavy atom. The maximum atomic E-state index is 12.9. The number of hydrogen-bond donors (Lipinski definition) is 1. The summed E-state index contributed by atoms with van der Waals surface area (Å²) in [5.74, 6) is 0.360. The summed E-state index contributed by atoms with van der Waals surface area (Å²) in [5, 5.41) is 0. The number of benzene rings is 1. The van der Waals surface area contributed by atoms with Crippen molar-refractivity contribution in [1.29, 1.82) is 0 Å². The van der Waals surface area contributed by atoms with Crippen molar-refractivity contribution in [2.45, 2.75) is 45.6 Å². The summed E-state index contributed by atoms with van der Waals surface area (Å²) in [4.78, 5) is 14.7. The number of carbonyl (C=O) groups excluding carboxylic acids is 1. The lowest BCUT2D eigenvalue weighted by molar-refractivity contribution is -0.137. The second-order valence-electron chi connectivity index (χ2n) is 6.19. The van der Waals surface area contributed by atoms with Gasteiger partial charge in [-0.15, -0.1) is 0 Å². The molecule has 3 heteroatoms. The van der Waals surface area contributed by atoms with Gasteiger partial charge in [-0.25, -0.2) is 0 Å². The first-order chi connectivity index (χ1) is 9.35. The predicted molar refractivity (Wildman–Crippen MR) is 84.5 cm³/mol. The lowest BCUT2D eigenvalue weighted by Gasteiger charge is -2.38. The van der Waals surface area contributed by atoms with Crippen LogP contribution in [0.4, 0.5) is 0 Å². The predicted octanol–water partition coefficient (Wildman–Crippen LogP) is 3.01. The molecule has 0 bridgehead atoms. The van der Waals surface area contributed by atoms with Crippen LogP contribution in [0.25, 0.3) is 0 Å². The number of carbonyl (C=O) groups is 1. The zero-order chi connectivity index (χ0) is 15.3. The Bertz CT molecular complexity index is 428. The number of hydrogen-bond acceptors (Lipinski definition) is 2. The number of nitrogens with zero attached hydrogens (tertiary/aromatic N) is 1. The Morgan fingerprint density at radius 3 is 2.30 bits per heavy atom. The van der Waals surface area contributed by atoms with Crippen molar-refractivity contribution >= 4 is 5.91 Å². The van der Waals surface area contributed by atoms with Crippen LogP contribution in [-0.4, -0.2) is 29.9 Å². The second kappa shape index (κ2) is 6.89. The fourth-order valence-corrected chi connectivity index (χ4v) is 2.25. The van der Waals surface area contributed by atoms with Gasteiger partial charge in [0.1, 0.15) is 0 Å². The highest BCUT2D eigenvalue weighted by Crippen LogP contribution is 2.30. The smallest absolute Gasteiger partial charge is 0.230 e. The van der Waals surface area contributed by atoms with Crippen LogP contribution in [0.2, 0.25) is 0 Å².